The van der Waals surface area contributed by atoms with E-state index in [2.05, 4.69) is 4.90 Å². The maximum absolute atomic E-state index is 12.8. The predicted molar refractivity (Wildman–Crippen MR) is 101 cm³/mol. The number of benzene rings is 2. The molecule has 5 nitrogen and oxygen atoms in total. The Bertz CT molecular complexity index is 828. The molecule has 0 bridgehead atoms. The lowest BCUT2D eigenvalue weighted by molar-refractivity contribution is 0.378. The molecule has 0 aliphatic carbocycles. The highest BCUT2D eigenvalue weighted by Crippen LogP contribution is 2.29. The molecule has 134 valence electrons. The standard InChI is InChI=1S/C19H24N2O3S/c1-16-7-3-4-8-17(16)15-25(22,23)21-13-11-20(12-14-21)18-9-5-6-10-19(18)24-2/h3-10H,11-15H2,1-2H3. The number of piperazine rings is 1. The monoisotopic (exact) mass is 360 g/mol. The van der Waals surface area contributed by atoms with Crippen LogP contribution in [0.1, 0.15) is 11.1 Å². The molecule has 1 heterocycles. The number of sulfonamides is 1. The van der Waals surface area contributed by atoms with Crippen LogP contribution in [0, 0.1) is 6.92 Å². The fraction of sp³-hybridized carbons (Fsp3) is 0.368. The van der Waals surface area contributed by atoms with Gasteiger partial charge in [0.2, 0.25) is 10.0 Å². The van der Waals surface area contributed by atoms with Gasteiger partial charge in [-0.25, -0.2) is 8.42 Å². The van der Waals surface area contributed by atoms with Gasteiger partial charge in [-0.3, -0.25) is 0 Å². The third kappa shape index (κ3) is 3.96. The molecule has 2 aromatic carbocycles. The first-order chi connectivity index (χ1) is 12.0. The molecule has 0 radical (unpaired) electrons. The van der Waals surface area contributed by atoms with Crippen molar-refractivity contribution < 1.29 is 13.2 Å². The highest BCUT2D eigenvalue weighted by molar-refractivity contribution is 7.88. The van der Waals surface area contributed by atoms with Crippen LogP contribution in [0.25, 0.3) is 0 Å². The zero-order valence-electron chi connectivity index (χ0n) is 14.7. The topological polar surface area (TPSA) is 49.9 Å². The molecule has 2 aromatic rings. The highest BCUT2D eigenvalue weighted by atomic mass is 32.2. The molecule has 25 heavy (non-hydrogen) atoms. The molecule has 0 unspecified atom stereocenters. The third-order valence-electron chi connectivity index (χ3n) is 4.66. The van der Waals surface area contributed by atoms with Crippen LogP contribution in [0.3, 0.4) is 0 Å². The number of nitrogens with zero attached hydrogens (tertiary/aromatic N) is 2. The first kappa shape index (κ1) is 17.8. The van der Waals surface area contributed by atoms with Crippen LogP contribution in [0.4, 0.5) is 5.69 Å². The Hall–Kier alpha value is -2.05. The van der Waals surface area contributed by atoms with Gasteiger partial charge in [0.15, 0.2) is 0 Å². The van der Waals surface area contributed by atoms with E-state index in [0.29, 0.717) is 26.2 Å². The summed E-state index contributed by atoms with van der Waals surface area (Å²) in [5.74, 6) is 0.882. The van der Waals surface area contributed by atoms with Gasteiger partial charge >= 0.3 is 0 Å². The summed E-state index contributed by atoms with van der Waals surface area (Å²) in [7, 11) is -1.65. The Labute approximate surface area is 149 Å². The number of anilines is 1. The van der Waals surface area contributed by atoms with Gasteiger partial charge in [0.1, 0.15) is 5.75 Å². The van der Waals surface area contributed by atoms with Crippen LogP contribution in [0.2, 0.25) is 0 Å². The van der Waals surface area contributed by atoms with E-state index in [0.717, 1.165) is 22.6 Å². The van der Waals surface area contributed by atoms with E-state index in [1.807, 2.05) is 55.5 Å². The molecule has 0 aromatic heterocycles. The molecular formula is C19H24N2O3S. The minimum atomic E-state index is -3.30. The Balaban J connectivity index is 1.68. The largest absolute Gasteiger partial charge is 0.495 e. The number of rotatable bonds is 5. The summed E-state index contributed by atoms with van der Waals surface area (Å²) < 4.78 is 32.5. The average Bonchev–Trinajstić information content (AvgIpc) is 2.63. The van der Waals surface area contributed by atoms with Gasteiger partial charge in [-0.2, -0.15) is 4.31 Å². The van der Waals surface area contributed by atoms with Crippen molar-refractivity contribution in [3.63, 3.8) is 0 Å². The third-order valence-corrected chi connectivity index (χ3v) is 6.48. The van der Waals surface area contributed by atoms with E-state index < -0.39 is 10.0 Å². The van der Waals surface area contributed by atoms with Crippen molar-refractivity contribution in [1.29, 1.82) is 0 Å². The van der Waals surface area contributed by atoms with Crippen LogP contribution >= 0.6 is 0 Å². The minimum Gasteiger partial charge on any atom is -0.495 e. The second kappa shape index (κ2) is 7.45. The Morgan fingerprint density at radius 3 is 2.28 bits per heavy atom. The molecule has 1 aliphatic rings. The number of para-hydroxylation sites is 2. The van der Waals surface area contributed by atoms with Crippen LogP contribution in [0.15, 0.2) is 48.5 Å². The molecule has 0 atom stereocenters. The summed E-state index contributed by atoms with van der Waals surface area (Å²) >= 11 is 0. The molecule has 0 spiro atoms. The summed E-state index contributed by atoms with van der Waals surface area (Å²) in [4.78, 5) is 2.18. The zero-order chi connectivity index (χ0) is 17.9. The van der Waals surface area contributed by atoms with Crippen molar-refractivity contribution in [2.75, 3.05) is 38.2 Å². The minimum absolute atomic E-state index is 0.0638. The molecule has 1 aliphatic heterocycles. The summed E-state index contributed by atoms with van der Waals surface area (Å²) in [6, 6.07) is 15.5. The molecule has 1 saturated heterocycles. The lowest BCUT2D eigenvalue weighted by Gasteiger charge is -2.36. The van der Waals surface area contributed by atoms with Crippen LogP contribution in [-0.4, -0.2) is 46.0 Å². The fourth-order valence-corrected chi connectivity index (χ4v) is 4.78. The van der Waals surface area contributed by atoms with E-state index >= 15 is 0 Å². The maximum Gasteiger partial charge on any atom is 0.218 e. The van der Waals surface area contributed by atoms with Crippen molar-refractivity contribution >= 4 is 15.7 Å². The smallest absolute Gasteiger partial charge is 0.218 e. The number of hydrogen-bond acceptors (Lipinski definition) is 4. The first-order valence-corrected chi connectivity index (χ1v) is 10.0. The lowest BCUT2D eigenvalue weighted by atomic mass is 10.1. The van der Waals surface area contributed by atoms with Crippen molar-refractivity contribution in [3.8, 4) is 5.75 Å². The Kier molecular flexibility index (Phi) is 5.30. The van der Waals surface area contributed by atoms with Gasteiger partial charge in [-0.05, 0) is 30.2 Å². The quantitative estimate of drug-likeness (QED) is 0.823. The highest BCUT2D eigenvalue weighted by Gasteiger charge is 2.28. The fourth-order valence-electron chi connectivity index (χ4n) is 3.16. The maximum atomic E-state index is 12.8. The van der Waals surface area contributed by atoms with Crippen LogP contribution in [0.5, 0.6) is 5.75 Å². The summed E-state index contributed by atoms with van der Waals surface area (Å²) in [6.45, 7) is 4.25. The summed E-state index contributed by atoms with van der Waals surface area (Å²) in [5.41, 5.74) is 2.90. The lowest BCUT2D eigenvalue weighted by Crippen LogP contribution is -2.49. The first-order valence-electron chi connectivity index (χ1n) is 8.41. The Morgan fingerprint density at radius 2 is 1.60 bits per heavy atom. The summed E-state index contributed by atoms with van der Waals surface area (Å²) in [6.07, 6.45) is 0. The van der Waals surface area contributed by atoms with Crippen LogP contribution in [-0.2, 0) is 15.8 Å². The molecule has 6 heteroatoms. The Morgan fingerprint density at radius 1 is 0.960 bits per heavy atom. The van der Waals surface area contributed by atoms with E-state index in [1.54, 1.807) is 11.4 Å². The number of ether oxygens (including phenoxy) is 1. The van der Waals surface area contributed by atoms with E-state index in [1.165, 1.54) is 0 Å². The van der Waals surface area contributed by atoms with E-state index in [4.69, 9.17) is 4.74 Å². The number of aryl methyl sites for hydroxylation is 1. The van der Waals surface area contributed by atoms with Crippen molar-refractivity contribution in [2.24, 2.45) is 0 Å². The second-order valence-corrected chi connectivity index (χ2v) is 8.21. The van der Waals surface area contributed by atoms with Crippen molar-refractivity contribution in [2.45, 2.75) is 12.7 Å². The molecule has 0 saturated carbocycles. The van der Waals surface area contributed by atoms with Gasteiger partial charge in [0, 0.05) is 26.2 Å². The predicted octanol–water partition coefficient (Wildman–Crippen LogP) is 2.66. The van der Waals surface area contributed by atoms with Crippen molar-refractivity contribution in [3.05, 3.63) is 59.7 Å². The molecule has 0 N–H and O–H groups in total. The summed E-state index contributed by atoms with van der Waals surface area (Å²) in [5, 5.41) is 0. The number of hydrogen-bond donors (Lipinski definition) is 0. The van der Waals surface area contributed by atoms with E-state index in [9.17, 15) is 8.42 Å². The second-order valence-electron chi connectivity index (χ2n) is 6.24. The van der Waals surface area contributed by atoms with Gasteiger partial charge in [0.05, 0.1) is 18.6 Å². The average molecular weight is 360 g/mol. The zero-order valence-corrected chi connectivity index (χ0v) is 15.5. The molecule has 3 rings (SSSR count). The number of methoxy groups -OCH3 is 1. The van der Waals surface area contributed by atoms with Crippen molar-refractivity contribution in [1.82, 2.24) is 4.31 Å². The van der Waals surface area contributed by atoms with Gasteiger partial charge in [-0.1, -0.05) is 36.4 Å². The van der Waals surface area contributed by atoms with Gasteiger partial charge in [-0.15, -0.1) is 0 Å². The van der Waals surface area contributed by atoms with Crippen LogP contribution < -0.4 is 9.64 Å². The SMILES string of the molecule is COc1ccccc1N1CCN(S(=O)(=O)Cc2ccccc2C)CC1. The van der Waals surface area contributed by atoms with Gasteiger partial charge < -0.3 is 9.64 Å². The molecule has 0 amide bonds. The van der Waals surface area contributed by atoms with Gasteiger partial charge in [0.25, 0.3) is 0 Å². The molecular weight excluding hydrogens is 336 g/mol. The van der Waals surface area contributed by atoms with E-state index in [-0.39, 0.29) is 5.75 Å². The molecule has 1 fully saturated rings. The normalized spacial score (nSPS) is 16.0.